The molecule has 0 aliphatic carbocycles. The maximum Gasteiger partial charge on any atom is 2.00 e. The van der Waals surface area contributed by atoms with E-state index in [4.69, 9.17) is 0 Å². The Morgan fingerprint density at radius 2 is 0.622 bits per heavy atom. The van der Waals surface area contributed by atoms with Gasteiger partial charge in [0.2, 0.25) is 0 Å². The fourth-order valence-electron chi connectivity index (χ4n) is 3.83. The molecule has 0 aliphatic heterocycles. The van der Waals surface area contributed by atoms with E-state index < -0.39 is 11.9 Å². The summed E-state index contributed by atoms with van der Waals surface area (Å²) in [6.45, 7) is 4.50. The molecule has 0 rings (SSSR count). The van der Waals surface area contributed by atoms with Gasteiger partial charge in [-0.15, -0.1) is 0 Å². The summed E-state index contributed by atoms with van der Waals surface area (Å²) in [7, 11) is 0. The molecular weight excluding hydrogens is 585 g/mol. The maximum absolute atomic E-state index is 10.1. The van der Waals surface area contributed by atoms with Gasteiger partial charge in [-0.2, -0.15) is 0 Å². The Bertz CT molecular complexity index is 881. The maximum atomic E-state index is 10.1. The number of hydrogen-bond acceptors (Lipinski definition) is 4. The van der Waals surface area contributed by atoms with Gasteiger partial charge in [-0.1, -0.05) is 200 Å². The van der Waals surface area contributed by atoms with Crippen molar-refractivity contribution in [2.24, 2.45) is 0 Å². The number of carbonyl (C=O) groups excluding carboxylic acids is 2. The Morgan fingerprint density at radius 3 is 0.911 bits per heavy atom. The fraction of sp³-hybridized carbons (Fsp3) is 0.450. The van der Waals surface area contributed by atoms with E-state index in [9.17, 15) is 19.8 Å². The zero-order valence-corrected chi connectivity index (χ0v) is 30.4. The second-order valence-corrected chi connectivity index (χ2v) is 10.3. The van der Waals surface area contributed by atoms with Gasteiger partial charge in [-0.25, -0.2) is 0 Å². The molecule has 0 aromatic carbocycles. The normalized spacial score (nSPS) is 12.5. The molecule has 0 heterocycles. The van der Waals surface area contributed by atoms with Crippen LogP contribution < -0.4 is 10.2 Å². The van der Waals surface area contributed by atoms with E-state index in [-0.39, 0.29) is 37.7 Å². The second-order valence-electron chi connectivity index (χ2n) is 10.3. The molecule has 4 nitrogen and oxygen atoms in total. The van der Waals surface area contributed by atoms with Crippen molar-refractivity contribution in [2.45, 2.75) is 117 Å². The van der Waals surface area contributed by atoms with Gasteiger partial charge in [0, 0.05) is 0 Å². The summed E-state index contributed by atoms with van der Waals surface area (Å²) >= 11 is 0. The average molecular weight is 643 g/mol. The van der Waals surface area contributed by atoms with Crippen LogP contribution >= 0.6 is 0 Å². The van der Waals surface area contributed by atoms with Crippen LogP contribution in [0.15, 0.2) is 122 Å². The molecule has 0 unspecified atom stereocenters. The van der Waals surface area contributed by atoms with Gasteiger partial charge in [-0.3, -0.25) is 0 Å². The minimum Gasteiger partial charge on any atom is -0.545 e. The zero-order chi connectivity index (χ0) is 32.6. The summed E-state index contributed by atoms with van der Waals surface area (Å²) in [5.74, 6) is -2.36. The van der Waals surface area contributed by atoms with Gasteiger partial charge in [0.15, 0.2) is 0 Å². The van der Waals surface area contributed by atoms with Gasteiger partial charge >= 0.3 is 37.7 Å². The molecule has 0 fully saturated rings. The van der Waals surface area contributed by atoms with Crippen LogP contribution in [-0.4, -0.2) is 49.7 Å². The topological polar surface area (TPSA) is 80.3 Å². The van der Waals surface area contributed by atoms with E-state index in [0.29, 0.717) is 0 Å². The van der Waals surface area contributed by atoms with Gasteiger partial charge in [-0.05, 0) is 37.8 Å². The minimum atomic E-state index is -1.18. The molecule has 0 amide bonds. The molecule has 0 saturated carbocycles. The fourth-order valence-corrected chi connectivity index (χ4v) is 3.83. The summed E-state index contributed by atoms with van der Waals surface area (Å²) < 4.78 is 0. The van der Waals surface area contributed by atoms with Crippen LogP contribution in [0.25, 0.3) is 0 Å². The Morgan fingerprint density at radius 1 is 0.378 bits per heavy atom. The van der Waals surface area contributed by atoms with Crippen molar-refractivity contribution in [3.63, 3.8) is 0 Å². The molecule has 0 atom stereocenters. The molecule has 0 aliphatic rings. The van der Waals surface area contributed by atoms with Crippen molar-refractivity contribution in [2.75, 3.05) is 0 Å². The summed E-state index contributed by atoms with van der Waals surface area (Å²) in [6.07, 6.45) is 56.8. The molecule has 0 aromatic heterocycles. The van der Waals surface area contributed by atoms with Crippen molar-refractivity contribution in [3.05, 3.63) is 122 Å². The van der Waals surface area contributed by atoms with Crippen LogP contribution in [0, 0.1) is 0 Å². The van der Waals surface area contributed by atoms with E-state index in [0.717, 1.165) is 25.0 Å². The molecule has 0 spiro atoms. The number of unbranched alkanes of at least 4 members (excludes halogenated alkanes) is 14. The monoisotopic (exact) mass is 642 g/mol. The van der Waals surface area contributed by atoms with Gasteiger partial charge in [0.05, 0.1) is 11.9 Å². The predicted molar refractivity (Wildman–Crippen MR) is 192 cm³/mol. The van der Waals surface area contributed by atoms with Crippen LogP contribution in [0.1, 0.15) is 117 Å². The first kappa shape index (κ1) is 47.0. The molecule has 244 valence electrons. The van der Waals surface area contributed by atoms with Crippen molar-refractivity contribution >= 4 is 49.7 Å². The quantitative estimate of drug-likeness (QED) is 0.0408. The zero-order valence-electron chi connectivity index (χ0n) is 28.2. The van der Waals surface area contributed by atoms with E-state index in [1.54, 1.807) is 24.3 Å². The predicted octanol–water partition coefficient (Wildman–Crippen LogP) is 8.94. The van der Waals surface area contributed by atoms with Gasteiger partial charge in [0.1, 0.15) is 0 Å². The van der Waals surface area contributed by atoms with E-state index >= 15 is 0 Å². The first-order chi connectivity index (χ1) is 21.5. The Balaban J connectivity index is -0.000000767. The smallest absolute Gasteiger partial charge is 0.545 e. The summed E-state index contributed by atoms with van der Waals surface area (Å²) in [6, 6.07) is 0. The van der Waals surface area contributed by atoms with E-state index in [2.05, 4.69) is 38.2 Å². The molecule has 5 heteroatoms. The third-order valence-electron chi connectivity index (χ3n) is 6.24. The molecule has 45 heavy (non-hydrogen) atoms. The summed E-state index contributed by atoms with van der Waals surface area (Å²) in [5, 5.41) is 20.2. The van der Waals surface area contributed by atoms with Crippen LogP contribution in [0.3, 0.4) is 0 Å². The molecule has 0 bridgehead atoms. The average Bonchev–Trinajstić information content (AvgIpc) is 3.00. The first-order valence-corrected chi connectivity index (χ1v) is 16.6. The van der Waals surface area contributed by atoms with Gasteiger partial charge in [0.25, 0.3) is 0 Å². The van der Waals surface area contributed by atoms with E-state index in [1.807, 2.05) is 48.6 Å². The number of carboxylic acids is 2. The number of rotatable bonds is 26. The van der Waals surface area contributed by atoms with E-state index in [1.165, 1.54) is 102 Å². The molecule has 0 N–H and O–H groups in total. The Kier molecular flexibility index (Phi) is 45.7. The molecule has 0 aromatic rings. The van der Waals surface area contributed by atoms with Crippen molar-refractivity contribution in [1.29, 1.82) is 0 Å². The third-order valence-corrected chi connectivity index (χ3v) is 6.24. The van der Waals surface area contributed by atoms with Crippen molar-refractivity contribution in [1.82, 2.24) is 0 Å². The van der Waals surface area contributed by atoms with Crippen molar-refractivity contribution < 1.29 is 19.8 Å². The van der Waals surface area contributed by atoms with Gasteiger partial charge < -0.3 is 19.8 Å². The van der Waals surface area contributed by atoms with Crippen LogP contribution in [-0.2, 0) is 9.59 Å². The largest absolute Gasteiger partial charge is 2.00 e. The number of allylic oxidation sites excluding steroid dienone is 18. The molecular formula is C40H58CaO4. The summed E-state index contributed by atoms with van der Waals surface area (Å²) in [5.41, 5.74) is 0. The summed E-state index contributed by atoms with van der Waals surface area (Å²) in [4.78, 5) is 20.2. The Labute approximate surface area is 305 Å². The van der Waals surface area contributed by atoms with Crippen LogP contribution in [0.4, 0.5) is 0 Å². The third kappa shape index (κ3) is 51.5. The number of carbonyl (C=O) groups is 2. The van der Waals surface area contributed by atoms with Crippen molar-refractivity contribution in [3.8, 4) is 0 Å². The number of carboxylic acid groups (broad SMARTS) is 2. The number of hydrogen-bond donors (Lipinski definition) is 0. The van der Waals surface area contributed by atoms with Crippen LogP contribution in [0.5, 0.6) is 0 Å². The standard InChI is InChI=1S/2C20H30O2.Ca/c2*1-2-3-4-5-6-7-8-9-10-11-12-13-14-15-16-17-18-19-20(21)22;/h2*10-19H,2-9H2,1H3,(H,21,22);/q;;+2/p-2. The SMILES string of the molecule is CCCCCCCCCC=CC=CC=CC=CC=CC(=O)[O-].CCCCCCCCCC=CC=CC=CC=CC=CC(=O)[O-].[Ca+2]. The molecule has 0 radical (unpaired) electrons. The minimum absolute atomic E-state index is 0. The number of aliphatic carboxylic acids is 2. The first-order valence-electron chi connectivity index (χ1n) is 16.6. The van der Waals surface area contributed by atoms with Crippen LogP contribution in [0.2, 0.25) is 0 Å². The second kappa shape index (κ2) is 43.7. The molecule has 0 saturated heterocycles. The Hall–Kier alpha value is -2.40.